The fraction of sp³-hybridized carbons (Fsp3) is 0.222. The Kier molecular flexibility index (Phi) is 4.39. The molecule has 2 aromatic carbocycles. The number of ether oxygens (including phenoxy) is 1. The normalized spacial score (nSPS) is 19.9. The largest absolute Gasteiger partial charge is 0.489 e. The molecule has 1 unspecified atom stereocenters. The average Bonchev–Trinajstić information content (AvgIpc) is 2.81. The Bertz CT molecular complexity index is 810. The number of nitrogens with zero attached hydrogens (tertiary/aromatic N) is 1. The van der Waals surface area contributed by atoms with Gasteiger partial charge in [0.15, 0.2) is 11.6 Å². The molecule has 3 rings (SSSR count). The highest BCUT2D eigenvalue weighted by molar-refractivity contribution is 6.07. The molecule has 0 aliphatic carbocycles. The van der Waals surface area contributed by atoms with E-state index in [1.807, 2.05) is 0 Å². The Morgan fingerprint density at radius 3 is 2.44 bits per heavy atom. The standard InChI is InChI=1S/C18H16F2N2O3/c1-18(12-6-8-13(19)9-7-12)16(23)22(17(24)21-18)10-11-25-15-5-3-2-4-14(15)20/h2-9H,10-11H2,1H3,(H,21,24). The van der Waals surface area contributed by atoms with Crippen molar-refractivity contribution in [2.75, 3.05) is 13.2 Å². The fourth-order valence-electron chi connectivity index (χ4n) is 2.69. The summed E-state index contributed by atoms with van der Waals surface area (Å²) in [5, 5.41) is 2.61. The monoisotopic (exact) mass is 346 g/mol. The van der Waals surface area contributed by atoms with Gasteiger partial charge in [0.1, 0.15) is 18.0 Å². The van der Waals surface area contributed by atoms with Gasteiger partial charge < -0.3 is 10.1 Å². The van der Waals surface area contributed by atoms with Crippen molar-refractivity contribution in [3.05, 3.63) is 65.7 Å². The minimum Gasteiger partial charge on any atom is -0.489 e. The first kappa shape index (κ1) is 16.9. The molecular weight excluding hydrogens is 330 g/mol. The Hall–Kier alpha value is -2.96. The van der Waals surface area contributed by atoms with Crippen LogP contribution in [0, 0.1) is 11.6 Å². The summed E-state index contributed by atoms with van der Waals surface area (Å²) in [4.78, 5) is 25.8. The van der Waals surface area contributed by atoms with Crippen molar-refractivity contribution in [1.82, 2.24) is 10.2 Å². The van der Waals surface area contributed by atoms with E-state index in [4.69, 9.17) is 4.74 Å². The number of hydrogen-bond acceptors (Lipinski definition) is 3. The highest BCUT2D eigenvalue weighted by atomic mass is 19.1. The number of amides is 3. The third kappa shape index (κ3) is 3.17. The molecular formula is C18H16F2N2O3. The Labute approximate surface area is 143 Å². The maximum absolute atomic E-state index is 13.5. The second kappa shape index (κ2) is 6.51. The molecule has 25 heavy (non-hydrogen) atoms. The van der Waals surface area contributed by atoms with Crippen molar-refractivity contribution in [3.63, 3.8) is 0 Å². The SMILES string of the molecule is CC1(c2ccc(F)cc2)NC(=O)N(CCOc2ccccc2F)C1=O. The van der Waals surface area contributed by atoms with Crippen molar-refractivity contribution >= 4 is 11.9 Å². The van der Waals surface area contributed by atoms with Crippen LogP contribution in [0.2, 0.25) is 0 Å². The van der Waals surface area contributed by atoms with Gasteiger partial charge in [-0.1, -0.05) is 24.3 Å². The van der Waals surface area contributed by atoms with Crippen LogP contribution in [-0.2, 0) is 10.3 Å². The number of benzene rings is 2. The predicted molar refractivity (Wildman–Crippen MR) is 85.9 cm³/mol. The van der Waals surface area contributed by atoms with Crippen LogP contribution >= 0.6 is 0 Å². The van der Waals surface area contributed by atoms with Gasteiger partial charge in [0.2, 0.25) is 0 Å². The van der Waals surface area contributed by atoms with Crippen LogP contribution in [0.3, 0.4) is 0 Å². The van der Waals surface area contributed by atoms with Gasteiger partial charge in [0, 0.05) is 0 Å². The van der Waals surface area contributed by atoms with Crippen LogP contribution < -0.4 is 10.1 Å². The Morgan fingerprint density at radius 2 is 1.76 bits per heavy atom. The summed E-state index contributed by atoms with van der Waals surface area (Å²) in [6, 6.07) is 10.7. The number of rotatable bonds is 5. The van der Waals surface area contributed by atoms with Gasteiger partial charge in [-0.3, -0.25) is 9.69 Å². The number of halogens is 2. The van der Waals surface area contributed by atoms with Crippen molar-refractivity contribution in [2.45, 2.75) is 12.5 Å². The number of carbonyl (C=O) groups excluding carboxylic acids is 2. The summed E-state index contributed by atoms with van der Waals surface area (Å²) in [6.07, 6.45) is 0. The Morgan fingerprint density at radius 1 is 1.08 bits per heavy atom. The van der Waals surface area contributed by atoms with E-state index in [-0.39, 0.29) is 18.9 Å². The van der Waals surface area contributed by atoms with Gasteiger partial charge >= 0.3 is 6.03 Å². The van der Waals surface area contributed by atoms with E-state index < -0.39 is 29.1 Å². The van der Waals surface area contributed by atoms with Gasteiger partial charge in [-0.05, 0) is 36.8 Å². The first-order chi connectivity index (χ1) is 11.9. The van der Waals surface area contributed by atoms with E-state index in [1.165, 1.54) is 42.5 Å². The average molecular weight is 346 g/mol. The molecule has 0 saturated carbocycles. The molecule has 1 fully saturated rings. The number of carbonyl (C=O) groups is 2. The third-order valence-electron chi connectivity index (χ3n) is 4.11. The highest BCUT2D eigenvalue weighted by Crippen LogP contribution is 2.28. The lowest BCUT2D eigenvalue weighted by Crippen LogP contribution is -2.41. The second-order valence-corrected chi connectivity index (χ2v) is 5.80. The van der Waals surface area contributed by atoms with Gasteiger partial charge in [0.25, 0.3) is 5.91 Å². The first-order valence-electron chi connectivity index (χ1n) is 7.69. The molecule has 3 amide bonds. The quantitative estimate of drug-likeness (QED) is 0.847. The van der Waals surface area contributed by atoms with E-state index in [2.05, 4.69) is 5.32 Å². The predicted octanol–water partition coefficient (Wildman–Crippen LogP) is 2.81. The Balaban J connectivity index is 1.69. The van der Waals surface area contributed by atoms with Crippen molar-refractivity contribution < 1.29 is 23.1 Å². The molecule has 1 N–H and O–H groups in total. The van der Waals surface area contributed by atoms with E-state index in [0.29, 0.717) is 5.56 Å². The molecule has 0 spiro atoms. The summed E-state index contributed by atoms with van der Waals surface area (Å²) < 4.78 is 31.9. The van der Waals surface area contributed by atoms with Crippen LogP contribution in [0.4, 0.5) is 13.6 Å². The molecule has 1 aliphatic heterocycles. The summed E-state index contributed by atoms with van der Waals surface area (Å²) in [7, 11) is 0. The van der Waals surface area contributed by atoms with E-state index >= 15 is 0 Å². The third-order valence-corrected chi connectivity index (χ3v) is 4.11. The lowest BCUT2D eigenvalue weighted by Gasteiger charge is -2.22. The number of urea groups is 1. The molecule has 5 nitrogen and oxygen atoms in total. The molecule has 0 aromatic heterocycles. The second-order valence-electron chi connectivity index (χ2n) is 5.80. The van der Waals surface area contributed by atoms with Crippen molar-refractivity contribution in [1.29, 1.82) is 0 Å². The fourth-order valence-corrected chi connectivity index (χ4v) is 2.69. The lowest BCUT2D eigenvalue weighted by molar-refractivity contribution is -0.131. The zero-order chi connectivity index (χ0) is 18.0. The zero-order valence-electron chi connectivity index (χ0n) is 13.5. The zero-order valence-corrected chi connectivity index (χ0v) is 13.5. The van der Waals surface area contributed by atoms with E-state index in [1.54, 1.807) is 13.0 Å². The maximum Gasteiger partial charge on any atom is 0.325 e. The smallest absolute Gasteiger partial charge is 0.325 e. The molecule has 130 valence electrons. The molecule has 1 heterocycles. The van der Waals surface area contributed by atoms with Crippen LogP contribution in [0.5, 0.6) is 5.75 Å². The summed E-state index contributed by atoms with van der Waals surface area (Å²) in [5.74, 6) is -1.37. The van der Waals surface area contributed by atoms with Crippen molar-refractivity contribution in [3.8, 4) is 5.75 Å². The van der Waals surface area contributed by atoms with Crippen LogP contribution in [-0.4, -0.2) is 30.0 Å². The van der Waals surface area contributed by atoms with Gasteiger partial charge in [0.05, 0.1) is 6.54 Å². The van der Waals surface area contributed by atoms with Gasteiger partial charge in [-0.2, -0.15) is 0 Å². The van der Waals surface area contributed by atoms with Gasteiger partial charge in [-0.25, -0.2) is 13.6 Å². The molecule has 7 heteroatoms. The molecule has 1 aliphatic rings. The first-order valence-corrected chi connectivity index (χ1v) is 7.69. The van der Waals surface area contributed by atoms with E-state index in [9.17, 15) is 18.4 Å². The molecule has 0 radical (unpaired) electrons. The maximum atomic E-state index is 13.5. The summed E-state index contributed by atoms with van der Waals surface area (Å²) >= 11 is 0. The molecule has 1 atom stereocenters. The molecule has 2 aromatic rings. The van der Waals surface area contributed by atoms with Crippen molar-refractivity contribution in [2.24, 2.45) is 0 Å². The van der Waals surface area contributed by atoms with Crippen LogP contribution in [0.15, 0.2) is 48.5 Å². The minimum atomic E-state index is -1.28. The highest BCUT2D eigenvalue weighted by Gasteiger charge is 2.48. The minimum absolute atomic E-state index is 0.0320. The number of nitrogens with one attached hydrogen (secondary N) is 1. The lowest BCUT2D eigenvalue weighted by atomic mass is 9.92. The number of hydrogen-bond donors (Lipinski definition) is 1. The number of imide groups is 1. The van der Waals surface area contributed by atoms with Crippen LogP contribution in [0.25, 0.3) is 0 Å². The van der Waals surface area contributed by atoms with Gasteiger partial charge in [-0.15, -0.1) is 0 Å². The summed E-state index contributed by atoms with van der Waals surface area (Å²) in [5.41, 5.74) is -0.798. The number of para-hydroxylation sites is 1. The molecule has 1 saturated heterocycles. The summed E-state index contributed by atoms with van der Waals surface area (Å²) in [6.45, 7) is 1.48. The topological polar surface area (TPSA) is 58.6 Å². The van der Waals surface area contributed by atoms with E-state index in [0.717, 1.165) is 4.90 Å². The molecule has 0 bridgehead atoms. The van der Waals surface area contributed by atoms with Crippen LogP contribution in [0.1, 0.15) is 12.5 Å².